The fraction of sp³-hybridized carbons (Fsp3) is 0.200. The third-order valence-electron chi connectivity index (χ3n) is 4.16. The minimum absolute atomic E-state index is 0.00769. The highest BCUT2D eigenvalue weighted by Crippen LogP contribution is 2.17. The quantitative estimate of drug-likeness (QED) is 0.750. The van der Waals surface area contributed by atoms with Crippen LogP contribution in [0.2, 0.25) is 0 Å². The van der Waals surface area contributed by atoms with Gasteiger partial charge in [0.2, 0.25) is 5.91 Å². The molecule has 0 radical (unpaired) electrons. The number of amides is 2. The van der Waals surface area contributed by atoms with Crippen molar-refractivity contribution in [3.8, 4) is 0 Å². The molecule has 1 heterocycles. The molecular weight excluding hydrogens is 314 g/mol. The van der Waals surface area contributed by atoms with Gasteiger partial charge in [0.15, 0.2) is 0 Å². The summed E-state index contributed by atoms with van der Waals surface area (Å²) in [5, 5.41) is 3.86. The molecular formula is C20H21N3O2. The van der Waals surface area contributed by atoms with Crippen LogP contribution in [-0.4, -0.2) is 35.3 Å². The maximum Gasteiger partial charge on any atom is 0.270 e. The Kier molecular flexibility index (Phi) is 4.84. The van der Waals surface area contributed by atoms with Crippen molar-refractivity contribution in [1.82, 2.24) is 9.88 Å². The molecule has 0 atom stereocenters. The van der Waals surface area contributed by atoms with Gasteiger partial charge in [-0.1, -0.05) is 43.3 Å². The lowest BCUT2D eigenvalue weighted by Gasteiger charge is -2.17. The number of fused-ring (bicyclic) bond motifs is 1. The van der Waals surface area contributed by atoms with Crippen LogP contribution in [0.3, 0.4) is 0 Å². The number of aromatic amines is 1. The number of anilines is 1. The number of likely N-dealkylation sites (N-methyl/N-ethyl adjacent to an activating group) is 1. The van der Waals surface area contributed by atoms with Gasteiger partial charge in [-0.15, -0.1) is 0 Å². The summed E-state index contributed by atoms with van der Waals surface area (Å²) in [5.41, 5.74) is 3.24. The zero-order chi connectivity index (χ0) is 17.8. The van der Waals surface area contributed by atoms with Crippen molar-refractivity contribution in [2.75, 3.05) is 18.9 Å². The lowest BCUT2D eigenvalue weighted by atomic mass is 10.1. The second-order valence-corrected chi connectivity index (χ2v) is 5.99. The standard InChI is InChI=1S/C20H21N3O2/c1-3-14-8-4-6-10-16(14)22-19(24)13-23(2)20(25)18-12-15-9-5-7-11-17(15)21-18/h4-12,21H,3,13H2,1-2H3,(H,22,24). The van der Waals surface area contributed by atoms with Crippen LogP contribution in [0.25, 0.3) is 10.9 Å². The number of aryl methyl sites for hydroxylation is 1. The zero-order valence-corrected chi connectivity index (χ0v) is 14.4. The number of benzene rings is 2. The summed E-state index contributed by atoms with van der Waals surface area (Å²) in [6, 6.07) is 17.2. The van der Waals surface area contributed by atoms with E-state index in [4.69, 9.17) is 0 Å². The highest BCUT2D eigenvalue weighted by Gasteiger charge is 2.17. The number of carbonyl (C=O) groups excluding carboxylic acids is 2. The van der Waals surface area contributed by atoms with Crippen LogP contribution in [0.4, 0.5) is 5.69 Å². The number of para-hydroxylation sites is 2. The Balaban J connectivity index is 1.67. The molecule has 2 amide bonds. The molecule has 5 heteroatoms. The van der Waals surface area contributed by atoms with Gasteiger partial charge in [0, 0.05) is 23.6 Å². The highest BCUT2D eigenvalue weighted by atomic mass is 16.2. The van der Waals surface area contributed by atoms with Gasteiger partial charge in [0.1, 0.15) is 5.69 Å². The second-order valence-electron chi connectivity index (χ2n) is 5.99. The fourth-order valence-corrected chi connectivity index (χ4v) is 2.82. The van der Waals surface area contributed by atoms with E-state index in [1.165, 1.54) is 4.90 Å². The number of hydrogen-bond acceptors (Lipinski definition) is 2. The predicted octanol–water partition coefficient (Wildman–Crippen LogP) is 3.44. The Morgan fingerprint density at radius 2 is 1.80 bits per heavy atom. The number of nitrogens with one attached hydrogen (secondary N) is 2. The SMILES string of the molecule is CCc1ccccc1NC(=O)CN(C)C(=O)c1cc2ccccc2[nH]1. The van der Waals surface area contributed by atoms with Crippen molar-refractivity contribution in [2.45, 2.75) is 13.3 Å². The highest BCUT2D eigenvalue weighted by molar-refractivity contribution is 6.01. The Morgan fingerprint density at radius 1 is 1.08 bits per heavy atom. The van der Waals surface area contributed by atoms with E-state index in [0.717, 1.165) is 28.6 Å². The minimum atomic E-state index is -0.215. The van der Waals surface area contributed by atoms with E-state index >= 15 is 0 Å². The smallest absolute Gasteiger partial charge is 0.270 e. The average molecular weight is 335 g/mol. The Morgan fingerprint density at radius 3 is 2.56 bits per heavy atom. The van der Waals surface area contributed by atoms with Crippen LogP contribution in [0, 0.1) is 0 Å². The Labute approximate surface area is 146 Å². The van der Waals surface area contributed by atoms with E-state index < -0.39 is 0 Å². The molecule has 3 aromatic rings. The summed E-state index contributed by atoms with van der Waals surface area (Å²) < 4.78 is 0. The van der Waals surface area contributed by atoms with Crippen molar-refractivity contribution in [2.24, 2.45) is 0 Å². The van der Waals surface area contributed by atoms with E-state index in [1.54, 1.807) is 13.1 Å². The summed E-state index contributed by atoms with van der Waals surface area (Å²) in [6.45, 7) is 2.03. The predicted molar refractivity (Wildman–Crippen MR) is 99.7 cm³/mol. The first-order chi connectivity index (χ1) is 12.1. The van der Waals surface area contributed by atoms with Gasteiger partial charge in [-0.2, -0.15) is 0 Å². The molecule has 2 aromatic carbocycles. The van der Waals surface area contributed by atoms with E-state index in [-0.39, 0.29) is 18.4 Å². The van der Waals surface area contributed by atoms with Gasteiger partial charge in [0.25, 0.3) is 5.91 Å². The zero-order valence-electron chi connectivity index (χ0n) is 14.4. The number of rotatable bonds is 5. The van der Waals surface area contributed by atoms with Gasteiger partial charge >= 0.3 is 0 Å². The third-order valence-corrected chi connectivity index (χ3v) is 4.16. The summed E-state index contributed by atoms with van der Waals surface area (Å²) >= 11 is 0. The number of nitrogens with zero attached hydrogens (tertiary/aromatic N) is 1. The first kappa shape index (κ1) is 16.8. The molecule has 0 unspecified atom stereocenters. The molecule has 0 fully saturated rings. The van der Waals surface area contributed by atoms with Gasteiger partial charge in [-0.25, -0.2) is 0 Å². The molecule has 0 spiro atoms. The molecule has 0 bridgehead atoms. The number of hydrogen-bond donors (Lipinski definition) is 2. The summed E-state index contributed by atoms with van der Waals surface area (Å²) in [5.74, 6) is -0.428. The number of H-pyrrole nitrogens is 1. The average Bonchev–Trinajstić information content (AvgIpc) is 3.05. The van der Waals surface area contributed by atoms with E-state index in [9.17, 15) is 9.59 Å². The third kappa shape index (κ3) is 3.71. The largest absolute Gasteiger partial charge is 0.351 e. The lowest BCUT2D eigenvalue weighted by molar-refractivity contribution is -0.116. The molecule has 3 rings (SSSR count). The van der Waals surface area contributed by atoms with Crippen molar-refractivity contribution < 1.29 is 9.59 Å². The summed E-state index contributed by atoms with van der Waals surface area (Å²) in [7, 11) is 1.62. The lowest BCUT2D eigenvalue weighted by Crippen LogP contribution is -2.35. The van der Waals surface area contributed by atoms with Gasteiger partial charge in [0.05, 0.1) is 6.54 Å². The van der Waals surface area contributed by atoms with Gasteiger partial charge < -0.3 is 15.2 Å². The molecule has 0 aliphatic heterocycles. The number of aromatic nitrogens is 1. The minimum Gasteiger partial charge on any atom is -0.351 e. The molecule has 0 saturated heterocycles. The maximum absolute atomic E-state index is 12.5. The molecule has 2 N–H and O–H groups in total. The molecule has 25 heavy (non-hydrogen) atoms. The van der Waals surface area contributed by atoms with Gasteiger partial charge in [-0.3, -0.25) is 9.59 Å². The van der Waals surface area contributed by atoms with Crippen molar-refractivity contribution in [3.63, 3.8) is 0 Å². The topological polar surface area (TPSA) is 65.2 Å². The fourth-order valence-electron chi connectivity index (χ4n) is 2.82. The Hall–Kier alpha value is -3.08. The van der Waals surface area contributed by atoms with Crippen LogP contribution >= 0.6 is 0 Å². The normalized spacial score (nSPS) is 10.6. The van der Waals surface area contributed by atoms with Crippen molar-refractivity contribution in [1.29, 1.82) is 0 Å². The number of carbonyl (C=O) groups is 2. The molecule has 0 aliphatic carbocycles. The maximum atomic E-state index is 12.5. The summed E-state index contributed by atoms with van der Waals surface area (Å²) in [6.07, 6.45) is 0.834. The van der Waals surface area contributed by atoms with Gasteiger partial charge in [-0.05, 0) is 30.2 Å². The molecule has 5 nitrogen and oxygen atoms in total. The van der Waals surface area contributed by atoms with Crippen molar-refractivity contribution >= 4 is 28.4 Å². The molecule has 0 saturated carbocycles. The first-order valence-corrected chi connectivity index (χ1v) is 8.29. The Bertz CT molecular complexity index is 881. The molecule has 128 valence electrons. The van der Waals surface area contributed by atoms with E-state index in [0.29, 0.717) is 5.69 Å². The second kappa shape index (κ2) is 7.21. The van der Waals surface area contributed by atoms with Crippen LogP contribution in [0.5, 0.6) is 0 Å². The van der Waals surface area contributed by atoms with E-state index in [1.807, 2.05) is 55.5 Å². The molecule has 1 aromatic heterocycles. The van der Waals surface area contributed by atoms with Crippen LogP contribution in [0.15, 0.2) is 54.6 Å². The molecule has 0 aliphatic rings. The van der Waals surface area contributed by atoms with Crippen molar-refractivity contribution in [3.05, 3.63) is 65.9 Å². The van der Waals surface area contributed by atoms with Crippen LogP contribution in [-0.2, 0) is 11.2 Å². The summed E-state index contributed by atoms with van der Waals surface area (Å²) in [4.78, 5) is 29.3. The first-order valence-electron chi connectivity index (χ1n) is 8.29. The monoisotopic (exact) mass is 335 g/mol. The van der Waals surface area contributed by atoms with E-state index in [2.05, 4.69) is 10.3 Å². The van der Waals surface area contributed by atoms with Crippen LogP contribution in [0.1, 0.15) is 23.0 Å². The van der Waals surface area contributed by atoms with Crippen LogP contribution < -0.4 is 5.32 Å².